The van der Waals surface area contributed by atoms with Gasteiger partial charge in [-0.05, 0) is 29.8 Å². The summed E-state index contributed by atoms with van der Waals surface area (Å²) in [5, 5.41) is 11.2. The Bertz CT molecular complexity index is 704. The Morgan fingerprint density at radius 2 is 1.81 bits per heavy atom. The molecule has 0 spiro atoms. The van der Waals surface area contributed by atoms with Gasteiger partial charge in [0.05, 0.1) is 0 Å². The van der Waals surface area contributed by atoms with Gasteiger partial charge in [0.15, 0.2) is 11.6 Å². The number of halogens is 2. The third kappa shape index (κ3) is 3.59. The van der Waals surface area contributed by atoms with Crippen LogP contribution in [0.3, 0.4) is 0 Å². The van der Waals surface area contributed by atoms with Gasteiger partial charge in [0, 0.05) is 6.54 Å². The number of nitrogens with zero attached hydrogens (tertiary/aromatic N) is 1. The Kier molecular flexibility index (Phi) is 4.22. The Hall–Kier alpha value is -2.83. The molecule has 21 heavy (non-hydrogen) atoms. The summed E-state index contributed by atoms with van der Waals surface area (Å²) in [5.74, 6) is -3.83. The summed E-state index contributed by atoms with van der Waals surface area (Å²) in [7, 11) is 0. The Morgan fingerprint density at radius 1 is 1.10 bits per heavy atom. The number of carboxylic acids is 1. The number of benzene rings is 1. The molecule has 1 heterocycles. The van der Waals surface area contributed by atoms with Crippen molar-refractivity contribution in [2.24, 2.45) is 0 Å². The third-order valence-corrected chi connectivity index (χ3v) is 2.64. The second kappa shape index (κ2) is 6.08. The van der Waals surface area contributed by atoms with E-state index in [4.69, 9.17) is 5.11 Å². The summed E-state index contributed by atoms with van der Waals surface area (Å²) >= 11 is 0. The topological polar surface area (TPSA) is 79.3 Å². The lowest BCUT2D eigenvalue weighted by Gasteiger charge is -2.06. The fourth-order valence-electron chi connectivity index (χ4n) is 1.60. The predicted octanol–water partition coefficient (Wildman–Crippen LogP) is 1.99. The van der Waals surface area contributed by atoms with Crippen molar-refractivity contribution in [1.29, 1.82) is 0 Å². The van der Waals surface area contributed by atoms with Gasteiger partial charge in [-0.25, -0.2) is 18.6 Å². The molecule has 1 aromatic carbocycles. The number of rotatable bonds is 4. The van der Waals surface area contributed by atoms with Crippen LogP contribution in [0.1, 0.15) is 26.5 Å². The average Bonchev–Trinajstić information content (AvgIpc) is 2.48. The number of carbonyl (C=O) groups is 2. The average molecular weight is 292 g/mol. The largest absolute Gasteiger partial charge is 0.477 e. The lowest BCUT2D eigenvalue weighted by atomic mass is 10.2. The number of hydrogen-bond acceptors (Lipinski definition) is 3. The van der Waals surface area contributed by atoms with Crippen molar-refractivity contribution < 1.29 is 23.5 Å². The number of aromatic nitrogens is 1. The van der Waals surface area contributed by atoms with Gasteiger partial charge in [-0.3, -0.25) is 4.79 Å². The number of hydrogen-bond donors (Lipinski definition) is 2. The molecule has 7 heteroatoms. The van der Waals surface area contributed by atoms with Crippen molar-refractivity contribution in [2.75, 3.05) is 0 Å². The number of carboxylic acid groups (broad SMARTS) is 1. The summed E-state index contributed by atoms with van der Waals surface area (Å²) in [6, 6.07) is 7.26. The standard InChI is InChI=1S/C14H10F2N2O3/c15-9-5-4-8(6-10(9)16)7-17-13(19)11-2-1-3-12(18-11)14(20)21/h1-6H,7H2,(H,17,19)(H,20,21). The summed E-state index contributed by atoms with van der Waals surface area (Å²) in [6.07, 6.45) is 0. The Labute approximate surface area is 118 Å². The molecule has 0 aliphatic heterocycles. The van der Waals surface area contributed by atoms with Gasteiger partial charge in [-0.15, -0.1) is 0 Å². The van der Waals surface area contributed by atoms with Crippen LogP contribution < -0.4 is 5.32 Å². The minimum absolute atomic E-state index is 0.0327. The van der Waals surface area contributed by atoms with Crippen LogP contribution in [-0.2, 0) is 6.54 Å². The monoisotopic (exact) mass is 292 g/mol. The number of pyridine rings is 1. The minimum Gasteiger partial charge on any atom is -0.477 e. The van der Waals surface area contributed by atoms with Gasteiger partial charge < -0.3 is 10.4 Å². The van der Waals surface area contributed by atoms with E-state index in [-0.39, 0.29) is 17.9 Å². The molecule has 5 nitrogen and oxygen atoms in total. The van der Waals surface area contributed by atoms with Crippen molar-refractivity contribution in [1.82, 2.24) is 10.3 Å². The molecule has 0 fully saturated rings. The highest BCUT2D eigenvalue weighted by atomic mass is 19.2. The highest BCUT2D eigenvalue weighted by Gasteiger charge is 2.11. The van der Waals surface area contributed by atoms with Crippen molar-refractivity contribution >= 4 is 11.9 Å². The van der Waals surface area contributed by atoms with E-state index >= 15 is 0 Å². The van der Waals surface area contributed by atoms with Crippen LogP contribution in [0.4, 0.5) is 8.78 Å². The van der Waals surface area contributed by atoms with Crippen LogP contribution >= 0.6 is 0 Å². The van der Waals surface area contributed by atoms with Crippen molar-refractivity contribution in [3.8, 4) is 0 Å². The zero-order valence-electron chi connectivity index (χ0n) is 10.6. The molecule has 0 bridgehead atoms. The van der Waals surface area contributed by atoms with E-state index in [9.17, 15) is 18.4 Å². The van der Waals surface area contributed by atoms with Crippen LogP contribution in [0.25, 0.3) is 0 Å². The molecule has 0 saturated heterocycles. The van der Waals surface area contributed by atoms with Crippen molar-refractivity contribution in [3.05, 3.63) is 65.0 Å². The van der Waals surface area contributed by atoms with Gasteiger partial charge in [0.1, 0.15) is 11.4 Å². The molecule has 0 aliphatic carbocycles. The lowest BCUT2D eigenvalue weighted by Crippen LogP contribution is -2.24. The molecular formula is C14H10F2N2O3. The van der Waals surface area contributed by atoms with Gasteiger partial charge in [-0.1, -0.05) is 12.1 Å². The van der Waals surface area contributed by atoms with Crippen LogP contribution in [0.15, 0.2) is 36.4 Å². The van der Waals surface area contributed by atoms with E-state index in [2.05, 4.69) is 10.3 Å². The second-order valence-electron chi connectivity index (χ2n) is 4.14. The van der Waals surface area contributed by atoms with E-state index < -0.39 is 23.5 Å². The van der Waals surface area contributed by atoms with Crippen molar-refractivity contribution in [3.63, 3.8) is 0 Å². The highest BCUT2D eigenvalue weighted by molar-refractivity contribution is 5.94. The third-order valence-electron chi connectivity index (χ3n) is 2.64. The molecule has 0 radical (unpaired) electrons. The second-order valence-corrected chi connectivity index (χ2v) is 4.14. The van der Waals surface area contributed by atoms with Crippen LogP contribution in [0.5, 0.6) is 0 Å². The summed E-state index contributed by atoms with van der Waals surface area (Å²) < 4.78 is 25.8. The summed E-state index contributed by atoms with van der Waals surface area (Å²) in [5.41, 5.74) is 0.0459. The zero-order chi connectivity index (χ0) is 15.4. The Balaban J connectivity index is 2.06. The van der Waals surface area contributed by atoms with Gasteiger partial charge in [-0.2, -0.15) is 0 Å². The Morgan fingerprint density at radius 3 is 2.48 bits per heavy atom. The maximum Gasteiger partial charge on any atom is 0.354 e. The van der Waals surface area contributed by atoms with E-state index in [1.54, 1.807) is 0 Å². The van der Waals surface area contributed by atoms with Gasteiger partial charge >= 0.3 is 5.97 Å². The first kappa shape index (κ1) is 14.6. The van der Waals surface area contributed by atoms with E-state index in [1.165, 1.54) is 24.3 Å². The van der Waals surface area contributed by atoms with Crippen LogP contribution in [0.2, 0.25) is 0 Å². The maximum atomic E-state index is 13.0. The van der Waals surface area contributed by atoms with E-state index in [0.717, 1.165) is 12.1 Å². The molecule has 2 N–H and O–H groups in total. The molecule has 0 unspecified atom stereocenters. The number of aromatic carboxylic acids is 1. The molecule has 0 aliphatic rings. The molecular weight excluding hydrogens is 282 g/mol. The lowest BCUT2D eigenvalue weighted by molar-refractivity contribution is 0.0690. The van der Waals surface area contributed by atoms with Crippen molar-refractivity contribution in [2.45, 2.75) is 6.54 Å². The first-order valence-corrected chi connectivity index (χ1v) is 5.90. The molecule has 0 atom stereocenters. The number of nitrogens with one attached hydrogen (secondary N) is 1. The van der Waals surface area contributed by atoms with Crippen LogP contribution in [0, 0.1) is 11.6 Å². The fourth-order valence-corrected chi connectivity index (χ4v) is 1.60. The minimum atomic E-state index is -1.25. The molecule has 0 saturated carbocycles. The predicted molar refractivity (Wildman–Crippen MR) is 68.7 cm³/mol. The zero-order valence-corrected chi connectivity index (χ0v) is 10.6. The molecule has 1 aromatic heterocycles. The first-order chi connectivity index (χ1) is 9.97. The molecule has 2 rings (SSSR count). The van der Waals surface area contributed by atoms with Gasteiger partial charge in [0.25, 0.3) is 5.91 Å². The SMILES string of the molecule is O=C(O)c1cccc(C(=O)NCc2ccc(F)c(F)c2)n1. The van der Waals surface area contributed by atoms with E-state index in [0.29, 0.717) is 5.56 Å². The fraction of sp³-hybridized carbons (Fsp3) is 0.0714. The summed E-state index contributed by atoms with van der Waals surface area (Å²) in [4.78, 5) is 26.2. The molecule has 2 aromatic rings. The number of carbonyl (C=O) groups excluding carboxylic acids is 1. The quantitative estimate of drug-likeness (QED) is 0.903. The summed E-state index contributed by atoms with van der Waals surface area (Å²) in [6.45, 7) is -0.0327. The first-order valence-electron chi connectivity index (χ1n) is 5.90. The molecule has 108 valence electrons. The van der Waals surface area contributed by atoms with Gasteiger partial charge in [0.2, 0.25) is 0 Å². The molecule has 1 amide bonds. The van der Waals surface area contributed by atoms with E-state index in [1.807, 2.05) is 0 Å². The normalized spacial score (nSPS) is 10.2. The maximum absolute atomic E-state index is 13.0. The number of amides is 1. The van der Waals surface area contributed by atoms with Crippen LogP contribution in [-0.4, -0.2) is 22.0 Å². The highest BCUT2D eigenvalue weighted by Crippen LogP contribution is 2.08. The smallest absolute Gasteiger partial charge is 0.354 e.